The number of carbonyl (C=O) groups excluding carboxylic acids is 1. The number of anilines is 1. The summed E-state index contributed by atoms with van der Waals surface area (Å²) in [5.41, 5.74) is 3.60. The summed E-state index contributed by atoms with van der Waals surface area (Å²) in [4.78, 5) is 15.0. The Morgan fingerprint density at radius 3 is 2.81 bits per heavy atom. The fourth-order valence-corrected chi connectivity index (χ4v) is 3.10. The van der Waals surface area contributed by atoms with Gasteiger partial charge in [0.1, 0.15) is 18.5 Å². The number of hydrogen-bond donors (Lipinski definition) is 1. The van der Waals surface area contributed by atoms with E-state index in [1.807, 2.05) is 60.4 Å². The van der Waals surface area contributed by atoms with Gasteiger partial charge in [0.25, 0.3) is 5.91 Å². The average Bonchev–Trinajstić information content (AvgIpc) is 2.66. The second-order valence-corrected chi connectivity index (χ2v) is 6.76. The van der Waals surface area contributed by atoms with Crippen LogP contribution in [0.25, 0.3) is 0 Å². The van der Waals surface area contributed by atoms with Crippen LogP contribution >= 0.6 is 0 Å². The standard InChI is InChI=1S/C22H26N2O2/c1-4-5-13-24-21(23-20-12-7-6-11-19(20)22(24)25)17-9-8-10-18(14-17)26-15-16(2)3/h6-12,14,21,23H,2,4-5,13,15H2,1,3H3. The third-order valence-electron chi connectivity index (χ3n) is 4.43. The maximum atomic E-state index is 13.0. The van der Waals surface area contributed by atoms with Crippen LogP contribution in [0.15, 0.2) is 60.7 Å². The van der Waals surface area contributed by atoms with Crippen molar-refractivity contribution in [2.45, 2.75) is 32.9 Å². The fraction of sp³-hybridized carbons (Fsp3) is 0.318. The molecule has 1 heterocycles. The normalized spacial score (nSPS) is 16.0. The summed E-state index contributed by atoms with van der Waals surface area (Å²) in [5.74, 6) is 0.861. The number of hydrogen-bond acceptors (Lipinski definition) is 3. The van der Waals surface area contributed by atoms with Crippen molar-refractivity contribution in [1.82, 2.24) is 4.90 Å². The van der Waals surface area contributed by atoms with Gasteiger partial charge in [-0.15, -0.1) is 0 Å². The summed E-state index contributed by atoms with van der Waals surface area (Å²) >= 11 is 0. The fourth-order valence-electron chi connectivity index (χ4n) is 3.10. The molecule has 2 aromatic rings. The molecule has 0 bridgehead atoms. The quantitative estimate of drug-likeness (QED) is 0.714. The molecule has 26 heavy (non-hydrogen) atoms. The molecule has 4 heteroatoms. The first-order valence-electron chi connectivity index (χ1n) is 9.14. The molecule has 0 spiro atoms. The van der Waals surface area contributed by atoms with Crippen molar-refractivity contribution in [2.24, 2.45) is 0 Å². The molecule has 0 saturated carbocycles. The van der Waals surface area contributed by atoms with Crippen LogP contribution in [0.4, 0.5) is 5.69 Å². The molecule has 1 N–H and O–H groups in total. The highest BCUT2D eigenvalue weighted by molar-refractivity contribution is 6.01. The van der Waals surface area contributed by atoms with Crippen LogP contribution in [0, 0.1) is 0 Å². The van der Waals surface area contributed by atoms with Crippen molar-refractivity contribution in [2.75, 3.05) is 18.5 Å². The minimum Gasteiger partial charge on any atom is -0.489 e. The molecular formula is C22H26N2O2. The van der Waals surface area contributed by atoms with Gasteiger partial charge < -0.3 is 15.0 Å². The van der Waals surface area contributed by atoms with E-state index in [-0.39, 0.29) is 12.1 Å². The van der Waals surface area contributed by atoms with Gasteiger partial charge in [-0.2, -0.15) is 0 Å². The van der Waals surface area contributed by atoms with Crippen LogP contribution in [-0.2, 0) is 0 Å². The number of carbonyl (C=O) groups is 1. The SMILES string of the molecule is C=C(C)COc1cccc(C2Nc3ccccc3C(=O)N2CCCC)c1. The molecule has 1 amide bonds. The zero-order chi connectivity index (χ0) is 18.5. The van der Waals surface area contributed by atoms with Gasteiger partial charge in [0.05, 0.1) is 5.56 Å². The van der Waals surface area contributed by atoms with Crippen LogP contribution < -0.4 is 10.1 Å². The third kappa shape index (κ3) is 3.90. The number of para-hydroxylation sites is 1. The number of ether oxygens (including phenoxy) is 1. The first-order valence-corrected chi connectivity index (χ1v) is 9.14. The highest BCUT2D eigenvalue weighted by Crippen LogP contribution is 2.34. The molecule has 0 radical (unpaired) electrons. The summed E-state index contributed by atoms with van der Waals surface area (Å²) < 4.78 is 5.78. The minimum atomic E-state index is -0.197. The van der Waals surface area contributed by atoms with Crippen molar-refractivity contribution in [3.8, 4) is 5.75 Å². The second kappa shape index (κ2) is 8.09. The molecule has 0 saturated heterocycles. The topological polar surface area (TPSA) is 41.6 Å². The van der Waals surface area contributed by atoms with Gasteiger partial charge in [-0.05, 0) is 48.7 Å². The Kier molecular flexibility index (Phi) is 5.61. The smallest absolute Gasteiger partial charge is 0.257 e. The molecule has 1 aliphatic rings. The molecule has 0 aliphatic carbocycles. The van der Waals surface area contributed by atoms with Gasteiger partial charge in [-0.25, -0.2) is 0 Å². The van der Waals surface area contributed by atoms with E-state index in [1.165, 1.54) is 0 Å². The van der Waals surface area contributed by atoms with Gasteiger partial charge in [-0.1, -0.05) is 44.2 Å². The Hall–Kier alpha value is -2.75. The third-order valence-corrected chi connectivity index (χ3v) is 4.43. The first kappa shape index (κ1) is 18.1. The van der Waals surface area contributed by atoms with E-state index in [4.69, 9.17) is 4.74 Å². The monoisotopic (exact) mass is 350 g/mol. The molecular weight excluding hydrogens is 324 g/mol. The molecule has 0 aromatic heterocycles. The number of benzene rings is 2. The predicted octanol–water partition coefficient (Wildman–Crippen LogP) is 5.01. The number of nitrogens with one attached hydrogen (secondary N) is 1. The van der Waals surface area contributed by atoms with Crippen molar-refractivity contribution >= 4 is 11.6 Å². The van der Waals surface area contributed by atoms with E-state index in [2.05, 4.69) is 18.8 Å². The Morgan fingerprint density at radius 2 is 2.04 bits per heavy atom. The van der Waals surface area contributed by atoms with Crippen LogP contribution in [0.1, 0.15) is 48.8 Å². The molecule has 1 aliphatic heterocycles. The van der Waals surface area contributed by atoms with Crippen LogP contribution in [0.2, 0.25) is 0 Å². The second-order valence-electron chi connectivity index (χ2n) is 6.76. The van der Waals surface area contributed by atoms with Crippen molar-refractivity contribution in [1.29, 1.82) is 0 Å². The Balaban J connectivity index is 1.92. The van der Waals surface area contributed by atoms with E-state index in [9.17, 15) is 4.79 Å². The Labute approximate surface area is 155 Å². The maximum Gasteiger partial charge on any atom is 0.257 e. The van der Waals surface area contributed by atoms with Gasteiger partial charge in [0.15, 0.2) is 0 Å². The molecule has 4 nitrogen and oxygen atoms in total. The van der Waals surface area contributed by atoms with Crippen LogP contribution in [-0.4, -0.2) is 24.0 Å². The predicted molar refractivity (Wildman–Crippen MR) is 106 cm³/mol. The lowest BCUT2D eigenvalue weighted by Crippen LogP contribution is -2.43. The highest BCUT2D eigenvalue weighted by atomic mass is 16.5. The summed E-state index contributed by atoms with van der Waals surface area (Å²) in [5, 5.41) is 3.53. The zero-order valence-electron chi connectivity index (χ0n) is 15.5. The molecule has 1 unspecified atom stereocenters. The zero-order valence-corrected chi connectivity index (χ0v) is 15.5. The average molecular weight is 350 g/mol. The lowest BCUT2D eigenvalue weighted by atomic mass is 10.0. The largest absolute Gasteiger partial charge is 0.489 e. The minimum absolute atomic E-state index is 0.0751. The van der Waals surface area contributed by atoms with Crippen molar-refractivity contribution in [3.05, 3.63) is 71.8 Å². The Morgan fingerprint density at radius 1 is 1.23 bits per heavy atom. The van der Waals surface area contributed by atoms with Gasteiger partial charge in [-0.3, -0.25) is 4.79 Å². The van der Waals surface area contributed by atoms with Crippen LogP contribution in [0.5, 0.6) is 5.75 Å². The van der Waals surface area contributed by atoms with Crippen LogP contribution in [0.3, 0.4) is 0 Å². The van der Waals surface area contributed by atoms with Gasteiger partial charge in [0.2, 0.25) is 0 Å². The summed E-state index contributed by atoms with van der Waals surface area (Å²) in [6, 6.07) is 15.6. The van der Waals surface area contributed by atoms with Crippen molar-refractivity contribution in [3.63, 3.8) is 0 Å². The highest BCUT2D eigenvalue weighted by Gasteiger charge is 2.32. The number of nitrogens with zero attached hydrogens (tertiary/aromatic N) is 1. The van der Waals surface area contributed by atoms with E-state index < -0.39 is 0 Å². The number of fused-ring (bicyclic) bond motifs is 1. The number of rotatable bonds is 7. The van der Waals surface area contributed by atoms with Gasteiger partial charge in [0, 0.05) is 12.2 Å². The lowest BCUT2D eigenvalue weighted by molar-refractivity contribution is 0.0680. The summed E-state index contributed by atoms with van der Waals surface area (Å²) in [6.45, 7) is 9.16. The molecule has 136 valence electrons. The molecule has 1 atom stereocenters. The summed E-state index contributed by atoms with van der Waals surface area (Å²) in [6.07, 6.45) is 1.81. The number of amides is 1. The van der Waals surface area contributed by atoms with E-state index in [1.54, 1.807) is 0 Å². The lowest BCUT2D eigenvalue weighted by Gasteiger charge is -2.38. The molecule has 0 fully saturated rings. The van der Waals surface area contributed by atoms with E-state index in [0.717, 1.165) is 47.5 Å². The first-order chi connectivity index (χ1) is 12.6. The van der Waals surface area contributed by atoms with E-state index in [0.29, 0.717) is 6.61 Å². The van der Waals surface area contributed by atoms with E-state index >= 15 is 0 Å². The molecule has 3 rings (SSSR count). The number of unbranched alkanes of at least 4 members (excludes halogenated alkanes) is 1. The maximum absolute atomic E-state index is 13.0. The van der Waals surface area contributed by atoms with Crippen molar-refractivity contribution < 1.29 is 9.53 Å². The van der Waals surface area contributed by atoms with Gasteiger partial charge >= 0.3 is 0 Å². The summed E-state index contributed by atoms with van der Waals surface area (Å²) in [7, 11) is 0. The Bertz CT molecular complexity index is 800. The molecule has 2 aromatic carbocycles.